The summed E-state index contributed by atoms with van der Waals surface area (Å²) in [7, 11) is 3.18. The molecule has 5 nitrogen and oxygen atoms in total. The number of hydrogen-bond acceptors (Lipinski definition) is 5. The van der Waals surface area contributed by atoms with Crippen molar-refractivity contribution in [3.63, 3.8) is 0 Å². The molecule has 0 radical (unpaired) electrons. The lowest BCUT2D eigenvalue weighted by Gasteiger charge is -2.20. The Morgan fingerprint density at radius 1 is 1.20 bits per heavy atom. The number of halogens is 1. The van der Waals surface area contributed by atoms with Gasteiger partial charge in [0, 0.05) is 16.8 Å². The fraction of sp³-hybridized carbons (Fsp3) is 0.214. The molecule has 0 fully saturated rings. The normalized spacial score (nSPS) is 12.0. The van der Waals surface area contributed by atoms with Gasteiger partial charge in [0.1, 0.15) is 17.2 Å². The van der Waals surface area contributed by atoms with Crippen LogP contribution in [-0.4, -0.2) is 19.2 Å². The summed E-state index contributed by atoms with van der Waals surface area (Å²) >= 11 is 6.06. The van der Waals surface area contributed by atoms with Crippen LogP contribution in [0.25, 0.3) is 0 Å². The maximum Gasteiger partial charge on any atom is 0.142 e. The lowest BCUT2D eigenvalue weighted by molar-refractivity contribution is 0.390. The van der Waals surface area contributed by atoms with Crippen molar-refractivity contribution in [2.75, 3.05) is 14.2 Å². The molecule has 0 aliphatic rings. The minimum atomic E-state index is -0.389. The first-order valence-electron chi connectivity index (χ1n) is 5.99. The lowest BCUT2D eigenvalue weighted by atomic mass is 10.0. The predicted molar refractivity (Wildman–Crippen MR) is 78.0 cm³/mol. The van der Waals surface area contributed by atoms with Gasteiger partial charge in [-0.05, 0) is 30.3 Å². The summed E-state index contributed by atoms with van der Waals surface area (Å²) in [5.41, 5.74) is 4.19. The predicted octanol–water partition coefficient (Wildman–Crippen LogP) is 2.30. The van der Waals surface area contributed by atoms with Crippen LogP contribution in [0.5, 0.6) is 11.5 Å². The van der Waals surface area contributed by atoms with E-state index < -0.39 is 0 Å². The van der Waals surface area contributed by atoms with Gasteiger partial charge < -0.3 is 9.47 Å². The molecule has 20 heavy (non-hydrogen) atoms. The molecule has 0 bridgehead atoms. The fourth-order valence-electron chi connectivity index (χ4n) is 2.04. The van der Waals surface area contributed by atoms with Crippen molar-refractivity contribution in [3.05, 3.63) is 52.8 Å². The van der Waals surface area contributed by atoms with Crippen LogP contribution in [0.1, 0.15) is 17.3 Å². The van der Waals surface area contributed by atoms with E-state index in [4.69, 9.17) is 26.9 Å². The van der Waals surface area contributed by atoms with Gasteiger partial charge in [-0.2, -0.15) is 0 Å². The molecule has 0 aliphatic heterocycles. The molecule has 1 unspecified atom stereocenters. The monoisotopic (exact) mass is 293 g/mol. The van der Waals surface area contributed by atoms with Crippen molar-refractivity contribution < 1.29 is 9.47 Å². The molecule has 6 heteroatoms. The molecule has 1 aromatic carbocycles. The van der Waals surface area contributed by atoms with E-state index in [0.717, 1.165) is 5.56 Å². The molecule has 1 heterocycles. The van der Waals surface area contributed by atoms with E-state index >= 15 is 0 Å². The highest BCUT2D eigenvalue weighted by Gasteiger charge is 2.22. The topological polar surface area (TPSA) is 69.4 Å². The van der Waals surface area contributed by atoms with Crippen LogP contribution in [0.3, 0.4) is 0 Å². The Hall–Kier alpha value is -1.82. The quantitative estimate of drug-likeness (QED) is 0.654. The zero-order chi connectivity index (χ0) is 14.5. The molecular weight excluding hydrogens is 278 g/mol. The molecule has 0 aliphatic carbocycles. The van der Waals surface area contributed by atoms with Gasteiger partial charge in [0.25, 0.3) is 0 Å². The zero-order valence-corrected chi connectivity index (χ0v) is 12.0. The molecule has 0 amide bonds. The van der Waals surface area contributed by atoms with Crippen LogP contribution in [0, 0.1) is 0 Å². The van der Waals surface area contributed by atoms with Crippen molar-refractivity contribution >= 4 is 11.6 Å². The first kappa shape index (κ1) is 14.6. The number of nitrogens with one attached hydrogen (secondary N) is 1. The zero-order valence-electron chi connectivity index (χ0n) is 11.3. The van der Waals surface area contributed by atoms with Gasteiger partial charge in [-0.15, -0.1) is 0 Å². The van der Waals surface area contributed by atoms with E-state index in [-0.39, 0.29) is 6.04 Å². The molecule has 1 aromatic heterocycles. The summed E-state index contributed by atoms with van der Waals surface area (Å²) < 4.78 is 10.7. The second-order valence-corrected chi connectivity index (χ2v) is 4.51. The third-order valence-corrected chi connectivity index (χ3v) is 3.20. The summed E-state index contributed by atoms with van der Waals surface area (Å²) in [5.74, 6) is 7.00. The standard InChI is InChI=1S/C14H16ClN3O2/c1-19-11-6-5-9(15)8-10(11)13(18-16)14-12(20-2)4-3-7-17-14/h3-8,13,18H,16H2,1-2H3. The van der Waals surface area contributed by atoms with E-state index in [0.29, 0.717) is 22.2 Å². The molecule has 106 valence electrons. The largest absolute Gasteiger partial charge is 0.496 e. The summed E-state index contributed by atoms with van der Waals surface area (Å²) in [6.45, 7) is 0. The SMILES string of the molecule is COc1ccc(Cl)cc1C(NN)c1ncccc1OC. The number of nitrogens with zero attached hydrogens (tertiary/aromatic N) is 1. The Bertz CT molecular complexity index is 592. The van der Waals surface area contributed by atoms with E-state index in [1.807, 2.05) is 6.07 Å². The van der Waals surface area contributed by atoms with Crippen molar-refractivity contribution in [3.8, 4) is 11.5 Å². The van der Waals surface area contributed by atoms with Crippen molar-refractivity contribution in [2.24, 2.45) is 5.84 Å². The van der Waals surface area contributed by atoms with Gasteiger partial charge in [0.05, 0.1) is 20.3 Å². The van der Waals surface area contributed by atoms with E-state index in [9.17, 15) is 0 Å². The van der Waals surface area contributed by atoms with Gasteiger partial charge in [-0.3, -0.25) is 10.8 Å². The number of hydrogen-bond donors (Lipinski definition) is 2. The number of pyridine rings is 1. The summed E-state index contributed by atoms with van der Waals surface area (Å²) in [6, 6.07) is 8.57. The van der Waals surface area contributed by atoms with Gasteiger partial charge in [-0.1, -0.05) is 11.6 Å². The Morgan fingerprint density at radius 3 is 2.60 bits per heavy atom. The molecule has 1 atom stereocenters. The highest BCUT2D eigenvalue weighted by Crippen LogP contribution is 2.34. The molecule has 0 saturated heterocycles. The average Bonchev–Trinajstić information content (AvgIpc) is 2.49. The van der Waals surface area contributed by atoms with Gasteiger partial charge >= 0.3 is 0 Å². The van der Waals surface area contributed by atoms with Gasteiger partial charge in [0.15, 0.2) is 0 Å². The highest BCUT2D eigenvalue weighted by molar-refractivity contribution is 6.30. The smallest absolute Gasteiger partial charge is 0.142 e. The maximum atomic E-state index is 6.06. The summed E-state index contributed by atoms with van der Waals surface area (Å²) in [6.07, 6.45) is 1.68. The minimum absolute atomic E-state index is 0.389. The Kier molecular flexibility index (Phi) is 4.79. The fourth-order valence-corrected chi connectivity index (χ4v) is 2.22. The summed E-state index contributed by atoms with van der Waals surface area (Å²) in [4.78, 5) is 4.34. The molecular formula is C14H16ClN3O2. The third kappa shape index (κ3) is 2.85. The van der Waals surface area contributed by atoms with Crippen LogP contribution in [0.2, 0.25) is 5.02 Å². The number of rotatable bonds is 5. The minimum Gasteiger partial charge on any atom is -0.496 e. The molecule has 0 spiro atoms. The van der Waals surface area contributed by atoms with E-state index in [1.54, 1.807) is 44.7 Å². The number of hydrazine groups is 1. The maximum absolute atomic E-state index is 6.06. The van der Waals surface area contributed by atoms with Gasteiger partial charge in [-0.25, -0.2) is 5.43 Å². The second-order valence-electron chi connectivity index (χ2n) is 4.08. The number of aromatic nitrogens is 1. The number of nitrogens with two attached hydrogens (primary N) is 1. The van der Waals surface area contributed by atoms with Crippen molar-refractivity contribution in [2.45, 2.75) is 6.04 Å². The Labute approximate surface area is 122 Å². The van der Waals surface area contributed by atoms with Crippen LogP contribution in [-0.2, 0) is 0 Å². The second kappa shape index (κ2) is 6.56. The summed E-state index contributed by atoms with van der Waals surface area (Å²) in [5, 5.41) is 0.593. The van der Waals surface area contributed by atoms with Crippen LogP contribution >= 0.6 is 11.6 Å². The molecule has 0 saturated carbocycles. The Balaban J connectivity index is 2.55. The molecule has 2 aromatic rings. The number of methoxy groups -OCH3 is 2. The third-order valence-electron chi connectivity index (χ3n) is 2.96. The van der Waals surface area contributed by atoms with Crippen molar-refractivity contribution in [1.29, 1.82) is 0 Å². The first-order valence-corrected chi connectivity index (χ1v) is 6.37. The average molecular weight is 294 g/mol. The van der Waals surface area contributed by atoms with Crippen molar-refractivity contribution in [1.82, 2.24) is 10.4 Å². The first-order chi connectivity index (χ1) is 9.71. The highest BCUT2D eigenvalue weighted by atomic mass is 35.5. The number of ether oxygens (including phenoxy) is 2. The van der Waals surface area contributed by atoms with Crippen LogP contribution in [0.4, 0.5) is 0 Å². The van der Waals surface area contributed by atoms with Crippen LogP contribution < -0.4 is 20.7 Å². The van der Waals surface area contributed by atoms with Gasteiger partial charge in [0.2, 0.25) is 0 Å². The lowest BCUT2D eigenvalue weighted by Crippen LogP contribution is -2.30. The Morgan fingerprint density at radius 2 is 1.95 bits per heavy atom. The molecule has 2 rings (SSSR count). The van der Waals surface area contributed by atoms with E-state index in [2.05, 4.69) is 10.4 Å². The van der Waals surface area contributed by atoms with E-state index in [1.165, 1.54) is 0 Å². The molecule has 3 N–H and O–H groups in total. The number of benzene rings is 1. The van der Waals surface area contributed by atoms with Crippen LogP contribution in [0.15, 0.2) is 36.5 Å².